The largest absolute Gasteiger partial charge is 0.342 e. The molecule has 24 heavy (non-hydrogen) atoms. The Kier molecular flexibility index (Phi) is 6.57. The summed E-state index contributed by atoms with van der Waals surface area (Å²) in [4.78, 5) is 14.9. The predicted molar refractivity (Wildman–Crippen MR) is 94.0 cm³/mol. The van der Waals surface area contributed by atoms with Gasteiger partial charge in [-0.05, 0) is 31.7 Å². The topological polar surface area (TPSA) is 70.4 Å². The van der Waals surface area contributed by atoms with Gasteiger partial charge < -0.3 is 10.6 Å². The number of halogens is 2. The molecule has 2 saturated heterocycles. The van der Waals surface area contributed by atoms with E-state index >= 15 is 0 Å². The van der Waals surface area contributed by atoms with Crippen molar-refractivity contribution in [2.75, 3.05) is 19.6 Å². The average Bonchev–Trinajstić information content (AvgIpc) is 3.04. The van der Waals surface area contributed by atoms with Crippen molar-refractivity contribution < 1.29 is 9.18 Å². The summed E-state index contributed by atoms with van der Waals surface area (Å²) in [6, 6.07) is 6.39. The highest BCUT2D eigenvalue weighted by Gasteiger charge is 2.39. The second-order valence-corrected chi connectivity index (χ2v) is 6.68. The van der Waals surface area contributed by atoms with Crippen LogP contribution in [0.5, 0.6) is 0 Å². The molecule has 5 nitrogen and oxygen atoms in total. The molecule has 1 amide bonds. The molecule has 0 radical (unpaired) electrons. The minimum absolute atomic E-state index is 0. The van der Waals surface area contributed by atoms with Crippen molar-refractivity contribution in [3.63, 3.8) is 0 Å². The molecule has 3 rings (SSSR count). The molecule has 2 aliphatic heterocycles. The number of rotatable bonds is 3. The normalized spacial score (nSPS) is 28.3. The van der Waals surface area contributed by atoms with Crippen molar-refractivity contribution >= 4 is 18.3 Å². The van der Waals surface area contributed by atoms with E-state index in [1.807, 2.05) is 11.8 Å². The van der Waals surface area contributed by atoms with Gasteiger partial charge >= 0.3 is 0 Å². The SMILES string of the molecule is CC(N)C1CCCN(C(=O)C2CNNC2c2ccccc2F)C1.Cl. The van der Waals surface area contributed by atoms with Crippen LogP contribution in [0, 0.1) is 17.7 Å². The maximum atomic E-state index is 14.1. The second kappa shape index (κ2) is 8.25. The molecule has 4 N–H and O–H groups in total. The number of nitrogens with zero attached hydrogens (tertiary/aromatic N) is 1. The van der Waals surface area contributed by atoms with Crippen LogP contribution in [0.4, 0.5) is 4.39 Å². The lowest BCUT2D eigenvalue weighted by molar-refractivity contribution is -0.137. The standard InChI is InChI=1S/C17H25FN4O.ClH/c1-11(19)12-5-4-8-22(10-12)17(23)14-9-20-21-16(14)13-6-2-3-7-15(13)18;/h2-3,6-7,11-12,14,16,20-21H,4-5,8-10,19H2,1H3;1H. The molecule has 2 fully saturated rings. The Morgan fingerprint density at radius 1 is 1.42 bits per heavy atom. The van der Waals surface area contributed by atoms with E-state index < -0.39 is 0 Å². The van der Waals surface area contributed by atoms with Crippen LogP contribution >= 0.6 is 12.4 Å². The zero-order valence-corrected chi connectivity index (χ0v) is 14.7. The number of hydrazine groups is 1. The van der Waals surface area contributed by atoms with Crippen LogP contribution in [0.3, 0.4) is 0 Å². The van der Waals surface area contributed by atoms with E-state index in [0.29, 0.717) is 24.6 Å². The van der Waals surface area contributed by atoms with E-state index in [9.17, 15) is 9.18 Å². The first-order chi connectivity index (χ1) is 11.1. The Balaban J connectivity index is 0.00000208. The van der Waals surface area contributed by atoms with Crippen molar-refractivity contribution in [2.24, 2.45) is 17.6 Å². The Hall–Kier alpha value is -1.21. The molecular weight excluding hydrogens is 331 g/mol. The summed E-state index contributed by atoms with van der Waals surface area (Å²) in [5.41, 5.74) is 12.6. The second-order valence-electron chi connectivity index (χ2n) is 6.68. The summed E-state index contributed by atoms with van der Waals surface area (Å²) >= 11 is 0. The summed E-state index contributed by atoms with van der Waals surface area (Å²) in [6.07, 6.45) is 2.05. The maximum Gasteiger partial charge on any atom is 0.229 e. The van der Waals surface area contributed by atoms with E-state index in [1.54, 1.807) is 18.2 Å². The van der Waals surface area contributed by atoms with Gasteiger partial charge in [0.05, 0.1) is 12.0 Å². The van der Waals surface area contributed by atoms with Gasteiger partial charge in [0.1, 0.15) is 5.82 Å². The van der Waals surface area contributed by atoms with Gasteiger partial charge in [0, 0.05) is 31.2 Å². The molecule has 1 aromatic carbocycles. The maximum absolute atomic E-state index is 14.1. The number of piperidine rings is 1. The first-order valence-corrected chi connectivity index (χ1v) is 8.35. The van der Waals surface area contributed by atoms with Crippen LogP contribution in [0.25, 0.3) is 0 Å². The molecule has 4 unspecified atom stereocenters. The Bertz CT molecular complexity index is 571. The number of hydrogen-bond acceptors (Lipinski definition) is 4. The number of likely N-dealkylation sites (tertiary alicyclic amines) is 1. The van der Waals surface area contributed by atoms with E-state index in [4.69, 9.17) is 5.73 Å². The lowest BCUT2D eigenvalue weighted by Crippen LogP contribution is -2.48. The number of carbonyl (C=O) groups excluding carboxylic acids is 1. The van der Waals surface area contributed by atoms with Crippen LogP contribution in [0.2, 0.25) is 0 Å². The highest BCUT2D eigenvalue weighted by atomic mass is 35.5. The van der Waals surface area contributed by atoms with Gasteiger partial charge in [0.25, 0.3) is 0 Å². The molecule has 0 spiro atoms. The minimum Gasteiger partial charge on any atom is -0.342 e. The smallest absolute Gasteiger partial charge is 0.229 e. The number of hydrogen-bond donors (Lipinski definition) is 3. The van der Waals surface area contributed by atoms with Crippen molar-refractivity contribution in [2.45, 2.75) is 31.8 Å². The fraction of sp³-hybridized carbons (Fsp3) is 0.588. The van der Waals surface area contributed by atoms with Gasteiger partial charge in [0.15, 0.2) is 0 Å². The summed E-state index contributed by atoms with van der Waals surface area (Å²) in [5, 5.41) is 0. The van der Waals surface area contributed by atoms with Crippen LogP contribution in [0.1, 0.15) is 31.4 Å². The van der Waals surface area contributed by atoms with Crippen LogP contribution in [0.15, 0.2) is 24.3 Å². The van der Waals surface area contributed by atoms with Gasteiger partial charge in [-0.25, -0.2) is 9.82 Å². The first-order valence-electron chi connectivity index (χ1n) is 8.35. The molecule has 0 saturated carbocycles. The third kappa shape index (κ3) is 3.88. The molecule has 134 valence electrons. The molecule has 2 heterocycles. The van der Waals surface area contributed by atoms with E-state index in [1.165, 1.54) is 6.07 Å². The first kappa shape index (κ1) is 19.1. The minimum atomic E-state index is -0.334. The molecule has 1 aromatic rings. The molecule has 7 heteroatoms. The molecule has 2 aliphatic rings. The van der Waals surface area contributed by atoms with Gasteiger partial charge in [-0.2, -0.15) is 0 Å². The van der Waals surface area contributed by atoms with Crippen LogP contribution < -0.4 is 16.6 Å². The van der Waals surface area contributed by atoms with Crippen molar-refractivity contribution in [1.29, 1.82) is 0 Å². The fourth-order valence-electron chi connectivity index (χ4n) is 3.62. The Labute approximate surface area is 148 Å². The quantitative estimate of drug-likeness (QED) is 0.769. The molecule has 4 atom stereocenters. The highest BCUT2D eigenvalue weighted by Crippen LogP contribution is 2.30. The van der Waals surface area contributed by atoms with Crippen LogP contribution in [-0.4, -0.2) is 36.5 Å². The number of amides is 1. The van der Waals surface area contributed by atoms with Crippen molar-refractivity contribution in [3.05, 3.63) is 35.6 Å². The van der Waals surface area contributed by atoms with Gasteiger partial charge in [-0.1, -0.05) is 18.2 Å². The lowest BCUT2D eigenvalue weighted by Gasteiger charge is -2.36. The average molecular weight is 357 g/mol. The Morgan fingerprint density at radius 2 is 2.17 bits per heavy atom. The fourth-order valence-corrected chi connectivity index (χ4v) is 3.62. The summed E-state index contributed by atoms with van der Waals surface area (Å²) in [6.45, 7) is 3.98. The summed E-state index contributed by atoms with van der Waals surface area (Å²) in [5.74, 6) is -0.139. The van der Waals surface area contributed by atoms with Gasteiger partial charge in [0.2, 0.25) is 5.91 Å². The predicted octanol–water partition coefficient (Wildman–Crippen LogP) is 1.60. The number of nitrogens with two attached hydrogens (primary N) is 1. The summed E-state index contributed by atoms with van der Waals surface area (Å²) < 4.78 is 14.1. The van der Waals surface area contributed by atoms with Crippen molar-refractivity contribution in [1.82, 2.24) is 15.8 Å². The highest BCUT2D eigenvalue weighted by molar-refractivity contribution is 5.85. The number of nitrogens with one attached hydrogen (secondary N) is 2. The Morgan fingerprint density at radius 3 is 2.88 bits per heavy atom. The van der Waals surface area contributed by atoms with E-state index in [2.05, 4.69) is 10.9 Å². The van der Waals surface area contributed by atoms with Gasteiger partial charge in [-0.15, -0.1) is 12.4 Å². The zero-order chi connectivity index (χ0) is 16.4. The molecule has 0 aliphatic carbocycles. The number of benzene rings is 1. The number of carbonyl (C=O) groups is 1. The van der Waals surface area contributed by atoms with E-state index in [0.717, 1.165) is 19.4 Å². The monoisotopic (exact) mass is 356 g/mol. The van der Waals surface area contributed by atoms with Crippen molar-refractivity contribution in [3.8, 4) is 0 Å². The third-order valence-corrected chi connectivity index (χ3v) is 5.05. The summed E-state index contributed by atoms with van der Waals surface area (Å²) in [7, 11) is 0. The third-order valence-electron chi connectivity index (χ3n) is 5.05. The van der Waals surface area contributed by atoms with E-state index in [-0.39, 0.29) is 42.1 Å². The van der Waals surface area contributed by atoms with Crippen LogP contribution in [-0.2, 0) is 4.79 Å². The molecule has 0 bridgehead atoms. The molecule has 0 aromatic heterocycles. The lowest BCUT2D eigenvalue weighted by atomic mass is 9.89. The zero-order valence-electron chi connectivity index (χ0n) is 13.9. The molecular formula is C17H26ClFN4O. The van der Waals surface area contributed by atoms with Gasteiger partial charge in [-0.3, -0.25) is 10.2 Å².